The van der Waals surface area contributed by atoms with Gasteiger partial charge in [0.05, 0.1) is 14.2 Å². The van der Waals surface area contributed by atoms with Gasteiger partial charge < -0.3 is 9.47 Å². The molecule has 98 valence electrons. The van der Waals surface area contributed by atoms with E-state index in [-0.39, 0.29) is 24.1 Å². The topological polar surface area (TPSA) is 52.6 Å². The summed E-state index contributed by atoms with van der Waals surface area (Å²) in [4.78, 5) is 23.0. The maximum absolute atomic E-state index is 11.9. The number of methoxy groups -OCH3 is 2. The number of benzene rings is 1. The van der Waals surface area contributed by atoms with E-state index in [1.165, 1.54) is 7.11 Å². The molecule has 0 aliphatic carbocycles. The van der Waals surface area contributed by atoms with Gasteiger partial charge in [0.25, 0.3) is 0 Å². The zero-order chi connectivity index (χ0) is 13.5. The van der Waals surface area contributed by atoms with E-state index in [1.807, 2.05) is 6.92 Å². The lowest BCUT2D eigenvalue weighted by molar-refractivity contribution is -0.141. The Bertz CT molecular complexity index is 408. The largest absolute Gasteiger partial charge is 0.497 e. The van der Waals surface area contributed by atoms with Crippen LogP contribution in [0.4, 0.5) is 0 Å². The van der Waals surface area contributed by atoms with Gasteiger partial charge in [0.15, 0.2) is 5.78 Å². The lowest BCUT2D eigenvalue weighted by atomic mass is 9.97. The van der Waals surface area contributed by atoms with Crippen LogP contribution in [0.2, 0.25) is 0 Å². The molecule has 0 aliphatic rings. The van der Waals surface area contributed by atoms with Crippen LogP contribution in [0.15, 0.2) is 24.3 Å². The first-order valence-electron chi connectivity index (χ1n) is 5.81. The summed E-state index contributed by atoms with van der Waals surface area (Å²) in [6, 6.07) is 6.95. The van der Waals surface area contributed by atoms with E-state index in [9.17, 15) is 9.59 Å². The van der Waals surface area contributed by atoms with Crippen LogP contribution in [-0.2, 0) is 9.53 Å². The quantitative estimate of drug-likeness (QED) is 0.575. The first-order valence-corrected chi connectivity index (χ1v) is 5.81. The minimum Gasteiger partial charge on any atom is -0.497 e. The van der Waals surface area contributed by atoms with Crippen LogP contribution in [-0.4, -0.2) is 26.0 Å². The highest BCUT2D eigenvalue weighted by Crippen LogP contribution is 2.16. The molecule has 0 unspecified atom stereocenters. The molecule has 0 N–H and O–H groups in total. The van der Waals surface area contributed by atoms with Crippen LogP contribution in [0, 0.1) is 5.92 Å². The second-order valence-corrected chi connectivity index (χ2v) is 4.24. The molecule has 0 bridgehead atoms. The maximum Gasteiger partial charge on any atom is 0.305 e. The number of esters is 1. The molecular formula is C14H18O4. The normalized spacial score (nSPS) is 11.7. The van der Waals surface area contributed by atoms with Crippen molar-refractivity contribution in [3.8, 4) is 5.75 Å². The molecule has 0 radical (unpaired) electrons. The van der Waals surface area contributed by atoms with Crippen molar-refractivity contribution in [2.45, 2.75) is 19.8 Å². The number of Topliss-reactive ketones (excluding diaryl/α,β-unsaturated/α-hetero) is 1. The van der Waals surface area contributed by atoms with Crippen molar-refractivity contribution in [3.63, 3.8) is 0 Å². The smallest absolute Gasteiger partial charge is 0.305 e. The predicted molar refractivity (Wildman–Crippen MR) is 67.7 cm³/mol. The first-order chi connectivity index (χ1) is 8.56. The highest BCUT2D eigenvalue weighted by molar-refractivity contribution is 5.96. The lowest BCUT2D eigenvalue weighted by Gasteiger charge is -2.09. The van der Waals surface area contributed by atoms with Crippen LogP contribution in [0.3, 0.4) is 0 Å². The number of hydrogen-bond acceptors (Lipinski definition) is 4. The van der Waals surface area contributed by atoms with Crippen molar-refractivity contribution >= 4 is 11.8 Å². The van der Waals surface area contributed by atoms with Crippen LogP contribution in [0.25, 0.3) is 0 Å². The summed E-state index contributed by atoms with van der Waals surface area (Å²) in [6.07, 6.45) is 0.597. The Morgan fingerprint density at radius 2 is 1.72 bits per heavy atom. The summed E-state index contributed by atoms with van der Waals surface area (Å²) in [6.45, 7) is 1.86. The molecule has 0 saturated heterocycles. The Labute approximate surface area is 107 Å². The second-order valence-electron chi connectivity index (χ2n) is 4.24. The van der Waals surface area contributed by atoms with Gasteiger partial charge in [-0.3, -0.25) is 9.59 Å². The number of rotatable bonds is 6. The zero-order valence-electron chi connectivity index (χ0n) is 10.9. The fraction of sp³-hybridized carbons (Fsp3) is 0.429. The summed E-state index contributed by atoms with van der Waals surface area (Å²) in [5.41, 5.74) is 0.632. The highest BCUT2D eigenvalue weighted by Gasteiger charge is 2.14. The number of ketones is 1. The van der Waals surface area contributed by atoms with Gasteiger partial charge in [-0.05, 0) is 30.2 Å². The molecule has 1 aromatic carbocycles. The Balaban J connectivity index is 2.56. The second kappa shape index (κ2) is 6.79. The Hall–Kier alpha value is -1.84. The molecule has 0 amide bonds. The van der Waals surface area contributed by atoms with Gasteiger partial charge in [-0.1, -0.05) is 6.92 Å². The van der Waals surface area contributed by atoms with E-state index >= 15 is 0 Å². The monoisotopic (exact) mass is 250 g/mol. The van der Waals surface area contributed by atoms with Gasteiger partial charge in [-0.25, -0.2) is 0 Å². The Kier molecular flexibility index (Phi) is 5.36. The molecule has 0 heterocycles. The fourth-order valence-corrected chi connectivity index (χ4v) is 1.65. The highest BCUT2D eigenvalue weighted by atomic mass is 16.5. The number of ether oxygens (including phenoxy) is 2. The van der Waals surface area contributed by atoms with Crippen LogP contribution >= 0.6 is 0 Å². The minimum absolute atomic E-state index is 0.0212. The van der Waals surface area contributed by atoms with Crippen molar-refractivity contribution in [1.82, 2.24) is 0 Å². The molecular weight excluding hydrogens is 232 g/mol. The molecule has 1 aromatic rings. The van der Waals surface area contributed by atoms with E-state index in [1.54, 1.807) is 31.4 Å². The predicted octanol–water partition coefficient (Wildman–Crippen LogP) is 2.47. The molecule has 0 aliphatic heterocycles. The summed E-state index contributed by atoms with van der Waals surface area (Å²) < 4.78 is 9.60. The zero-order valence-corrected chi connectivity index (χ0v) is 10.9. The number of carbonyl (C=O) groups excluding carboxylic acids is 2. The first kappa shape index (κ1) is 14.2. The average Bonchev–Trinajstić information content (AvgIpc) is 2.38. The van der Waals surface area contributed by atoms with Gasteiger partial charge in [-0.15, -0.1) is 0 Å². The molecule has 0 fully saturated rings. The SMILES string of the molecule is COC(=O)C[C@@H](C)CC(=O)c1ccc(OC)cc1. The average molecular weight is 250 g/mol. The third-order valence-electron chi connectivity index (χ3n) is 2.69. The Morgan fingerprint density at radius 1 is 1.11 bits per heavy atom. The van der Waals surface area contributed by atoms with E-state index in [4.69, 9.17) is 4.74 Å². The molecule has 0 saturated carbocycles. The molecule has 1 rings (SSSR count). The van der Waals surface area contributed by atoms with Crippen molar-refractivity contribution in [3.05, 3.63) is 29.8 Å². The summed E-state index contributed by atoms with van der Waals surface area (Å²) in [5, 5.41) is 0. The van der Waals surface area contributed by atoms with Gasteiger partial charge in [0.2, 0.25) is 0 Å². The number of hydrogen-bond donors (Lipinski definition) is 0. The molecule has 18 heavy (non-hydrogen) atoms. The van der Waals surface area contributed by atoms with Crippen molar-refractivity contribution in [2.24, 2.45) is 5.92 Å². The summed E-state index contributed by atoms with van der Waals surface area (Å²) in [7, 11) is 2.93. The molecule has 1 atom stereocenters. The van der Waals surface area contributed by atoms with Crippen LogP contribution in [0.1, 0.15) is 30.1 Å². The van der Waals surface area contributed by atoms with Gasteiger partial charge >= 0.3 is 5.97 Å². The minimum atomic E-state index is -0.287. The summed E-state index contributed by atoms with van der Waals surface area (Å²) in [5.74, 6) is 0.431. The van der Waals surface area contributed by atoms with Gasteiger partial charge in [0.1, 0.15) is 5.75 Å². The molecule has 4 nitrogen and oxygen atoms in total. The third kappa shape index (κ3) is 4.20. The standard InChI is InChI=1S/C14H18O4/c1-10(9-14(16)18-3)8-13(15)11-4-6-12(17-2)7-5-11/h4-7,10H,8-9H2,1-3H3/t10-/m0/s1. The Morgan fingerprint density at radius 3 is 2.22 bits per heavy atom. The fourth-order valence-electron chi connectivity index (χ4n) is 1.65. The van der Waals surface area contributed by atoms with E-state index in [0.717, 1.165) is 0 Å². The third-order valence-corrected chi connectivity index (χ3v) is 2.69. The van der Waals surface area contributed by atoms with Crippen molar-refractivity contribution in [1.29, 1.82) is 0 Å². The van der Waals surface area contributed by atoms with Crippen molar-refractivity contribution in [2.75, 3.05) is 14.2 Å². The molecule has 0 aromatic heterocycles. The van der Waals surface area contributed by atoms with E-state index in [2.05, 4.69) is 4.74 Å². The van der Waals surface area contributed by atoms with Gasteiger partial charge in [0, 0.05) is 18.4 Å². The van der Waals surface area contributed by atoms with Crippen molar-refractivity contribution < 1.29 is 19.1 Å². The van der Waals surface area contributed by atoms with E-state index < -0.39 is 0 Å². The van der Waals surface area contributed by atoms with E-state index in [0.29, 0.717) is 17.7 Å². The number of carbonyl (C=O) groups is 2. The molecule has 0 spiro atoms. The maximum atomic E-state index is 11.9. The summed E-state index contributed by atoms with van der Waals surface area (Å²) >= 11 is 0. The van der Waals surface area contributed by atoms with Gasteiger partial charge in [-0.2, -0.15) is 0 Å². The van der Waals surface area contributed by atoms with Crippen LogP contribution in [0.5, 0.6) is 5.75 Å². The molecule has 4 heteroatoms. The van der Waals surface area contributed by atoms with Crippen LogP contribution < -0.4 is 4.74 Å². The lowest BCUT2D eigenvalue weighted by Crippen LogP contribution is -2.11.